The van der Waals surface area contributed by atoms with Crippen LogP contribution in [-0.4, -0.2) is 10.2 Å². The van der Waals surface area contributed by atoms with E-state index in [2.05, 4.69) is 42.5 Å². The van der Waals surface area contributed by atoms with Gasteiger partial charge < -0.3 is 10.2 Å². The summed E-state index contributed by atoms with van der Waals surface area (Å²) in [6.07, 6.45) is 9.86. The van der Waals surface area contributed by atoms with Crippen LogP contribution in [0.3, 0.4) is 0 Å². The van der Waals surface area contributed by atoms with E-state index in [0.29, 0.717) is 11.5 Å². The third-order valence-corrected chi connectivity index (χ3v) is 4.95. The molecule has 2 N–H and O–H groups in total. The molecule has 0 atom stereocenters. The minimum atomic E-state index is 0.356. The van der Waals surface area contributed by atoms with Crippen molar-refractivity contribution in [1.82, 2.24) is 0 Å². The second-order valence-corrected chi connectivity index (χ2v) is 7.53. The average molecular weight is 454 g/mol. The number of hydrogen-bond donors (Lipinski definition) is 2. The lowest BCUT2D eigenvalue weighted by molar-refractivity contribution is 0.471. The van der Waals surface area contributed by atoms with Crippen LogP contribution in [0, 0.1) is 3.57 Å². The Kier molecular flexibility index (Phi) is 11.4. The Morgan fingerprint density at radius 1 is 0.720 bits per heavy atom. The molecule has 138 valence electrons. The third-order valence-electron chi connectivity index (χ3n) is 4.09. The minimum absolute atomic E-state index is 0.356. The molecule has 0 unspecified atom stereocenters. The molecule has 0 saturated carbocycles. The Hall–Kier alpha value is -1.23. The first-order chi connectivity index (χ1) is 12.1. The first kappa shape index (κ1) is 21.8. The fraction of sp³-hybridized carbons (Fsp3) is 0.455. The van der Waals surface area contributed by atoms with Crippen LogP contribution in [0.2, 0.25) is 0 Å². The molecule has 0 bridgehead atoms. The van der Waals surface area contributed by atoms with Gasteiger partial charge in [-0.15, -0.1) is 0 Å². The normalized spacial score (nSPS) is 10.2. The van der Waals surface area contributed by atoms with Gasteiger partial charge in [-0.1, -0.05) is 57.7 Å². The summed E-state index contributed by atoms with van der Waals surface area (Å²) in [6, 6.07) is 13.3. The van der Waals surface area contributed by atoms with Gasteiger partial charge in [0.25, 0.3) is 0 Å². The van der Waals surface area contributed by atoms with Crippen LogP contribution >= 0.6 is 22.6 Å². The topological polar surface area (TPSA) is 40.5 Å². The lowest BCUT2D eigenvalue weighted by Crippen LogP contribution is -1.86. The quantitative estimate of drug-likeness (QED) is 0.338. The third kappa shape index (κ3) is 9.73. The second kappa shape index (κ2) is 13.0. The number of benzene rings is 2. The predicted molar refractivity (Wildman–Crippen MR) is 115 cm³/mol. The number of unbranched alkanes of at least 4 members (excludes halogenated alkanes) is 4. The Balaban J connectivity index is 0.000000251. The van der Waals surface area contributed by atoms with Crippen molar-refractivity contribution in [3.05, 3.63) is 57.2 Å². The van der Waals surface area contributed by atoms with Gasteiger partial charge in [-0.2, -0.15) is 0 Å². The maximum Gasteiger partial charge on any atom is 0.128 e. The predicted octanol–water partition coefficient (Wildman–Crippen LogP) is 6.85. The van der Waals surface area contributed by atoms with Crippen molar-refractivity contribution in [3.8, 4) is 11.5 Å². The first-order valence-electron chi connectivity index (χ1n) is 9.32. The Bertz CT molecular complexity index is 593. The van der Waals surface area contributed by atoms with E-state index in [1.165, 1.54) is 49.7 Å². The molecule has 3 heteroatoms. The van der Waals surface area contributed by atoms with Crippen molar-refractivity contribution in [1.29, 1.82) is 0 Å². The Labute approximate surface area is 166 Å². The van der Waals surface area contributed by atoms with Crippen molar-refractivity contribution >= 4 is 22.6 Å². The first-order valence-corrected chi connectivity index (χ1v) is 10.4. The van der Waals surface area contributed by atoms with Crippen LogP contribution in [0.1, 0.15) is 63.5 Å². The van der Waals surface area contributed by atoms with Crippen molar-refractivity contribution < 1.29 is 10.2 Å². The number of phenolic OH excluding ortho intramolecular Hbond substituents is 2. The molecular formula is C22H31IO2. The van der Waals surface area contributed by atoms with E-state index >= 15 is 0 Å². The van der Waals surface area contributed by atoms with Crippen LogP contribution in [-0.2, 0) is 12.8 Å². The van der Waals surface area contributed by atoms with Gasteiger partial charge in [-0.25, -0.2) is 0 Å². The van der Waals surface area contributed by atoms with Gasteiger partial charge in [0.15, 0.2) is 0 Å². The van der Waals surface area contributed by atoms with Crippen LogP contribution in [0.25, 0.3) is 0 Å². The van der Waals surface area contributed by atoms with Gasteiger partial charge in [-0.3, -0.25) is 0 Å². The molecule has 25 heavy (non-hydrogen) atoms. The highest BCUT2D eigenvalue weighted by molar-refractivity contribution is 14.1. The molecule has 0 aliphatic carbocycles. The smallest absolute Gasteiger partial charge is 0.128 e. The summed E-state index contributed by atoms with van der Waals surface area (Å²) >= 11 is 2.16. The van der Waals surface area contributed by atoms with Crippen LogP contribution in [0.15, 0.2) is 42.5 Å². The van der Waals surface area contributed by atoms with Crippen molar-refractivity contribution in [3.63, 3.8) is 0 Å². The highest BCUT2D eigenvalue weighted by Crippen LogP contribution is 2.21. The SMILES string of the molecule is CCCCCc1ccc(O)c(I)c1.CCCCCc1ccc(O)cc1. The van der Waals surface area contributed by atoms with Crippen LogP contribution < -0.4 is 0 Å². The molecule has 0 aliphatic heterocycles. The van der Waals surface area contributed by atoms with E-state index in [1.54, 1.807) is 18.2 Å². The van der Waals surface area contributed by atoms with E-state index in [-0.39, 0.29) is 0 Å². The van der Waals surface area contributed by atoms with E-state index in [9.17, 15) is 5.11 Å². The van der Waals surface area contributed by atoms with Gasteiger partial charge in [0.2, 0.25) is 0 Å². The van der Waals surface area contributed by atoms with E-state index in [1.807, 2.05) is 18.2 Å². The van der Waals surface area contributed by atoms with Gasteiger partial charge in [0.1, 0.15) is 11.5 Å². The Morgan fingerprint density at radius 3 is 1.76 bits per heavy atom. The van der Waals surface area contributed by atoms with Gasteiger partial charge >= 0.3 is 0 Å². The molecule has 0 spiro atoms. The summed E-state index contributed by atoms with van der Waals surface area (Å²) in [5.74, 6) is 0.745. The summed E-state index contributed by atoms with van der Waals surface area (Å²) in [7, 11) is 0. The zero-order valence-electron chi connectivity index (χ0n) is 15.5. The number of rotatable bonds is 8. The number of halogens is 1. The average Bonchev–Trinajstić information content (AvgIpc) is 2.61. The molecule has 0 radical (unpaired) electrons. The summed E-state index contributed by atoms with van der Waals surface area (Å²) in [6.45, 7) is 4.41. The zero-order valence-corrected chi connectivity index (χ0v) is 17.6. The van der Waals surface area contributed by atoms with Crippen LogP contribution in [0.5, 0.6) is 11.5 Å². The summed E-state index contributed by atoms with van der Waals surface area (Å²) in [5, 5.41) is 18.3. The highest BCUT2D eigenvalue weighted by atomic mass is 127. The minimum Gasteiger partial charge on any atom is -0.508 e. The Morgan fingerprint density at radius 2 is 1.24 bits per heavy atom. The fourth-order valence-electron chi connectivity index (χ4n) is 2.53. The fourth-order valence-corrected chi connectivity index (χ4v) is 3.11. The second-order valence-electron chi connectivity index (χ2n) is 6.37. The molecule has 0 heterocycles. The van der Waals surface area contributed by atoms with Crippen molar-refractivity contribution in [2.24, 2.45) is 0 Å². The lowest BCUT2D eigenvalue weighted by Gasteiger charge is -2.02. The van der Waals surface area contributed by atoms with E-state index < -0.39 is 0 Å². The maximum atomic E-state index is 9.31. The molecule has 0 saturated heterocycles. The molecule has 2 aromatic carbocycles. The number of aromatic hydroxyl groups is 2. The summed E-state index contributed by atoms with van der Waals surface area (Å²) < 4.78 is 0.951. The molecule has 0 amide bonds. The summed E-state index contributed by atoms with van der Waals surface area (Å²) in [4.78, 5) is 0. The zero-order chi connectivity index (χ0) is 18.5. The standard InChI is InChI=1S/C11H15IO.C11H16O/c1-2-3-4-5-9-6-7-11(13)10(12)8-9;1-2-3-4-5-10-6-8-11(12)9-7-10/h6-8,13H,2-5H2,1H3;6-9,12H,2-5H2,1H3. The van der Waals surface area contributed by atoms with Crippen molar-refractivity contribution in [2.75, 3.05) is 0 Å². The molecule has 0 fully saturated rings. The number of phenols is 2. The van der Waals surface area contributed by atoms with Crippen molar-refractivity contribution in [2.45, 2.75) is 65.2 Å². The molecular weight excluding hydrogens is 423 g/mol. The largest absolute Gasteiger partial charge is 0.508 e. The molecule has 0 aromatic heterocycles. The van der Waals surface area contributed by atoms with Gasteiger partial charge in [-0.05, 0) is 83.7 Å². The molecule has 2 aromatic rings. The van der Waals surface area contributed by atoms with Gasteiger partial charge in [0, 0.05) is 0 Å². The maximum absolute atomic E-state index is 9.31. The highest BCUT2D eigenvalue weighted by Gasteiger charge is 1.98. The van der Waals surface area contributed by atoms with Gasteiger partial charge in [0.05, 0.1) is 3.57 Å². The molecule has 0 aliphatic rings. The molecule has 2 nitrogen and oxygen atoms in total. The lowest BCUT2D eigenvalue weighted by atomic mass is 10.1. The van der Waals surface area contributed by atoms with E-state index in [0.717, 1.165) is 16.4 Å². The molecule has 2 rings (SSSR count). The number of aryl methyl sites for hydroxylation is 2. The van der Waals surface area contributed by atoms with Crippen LogP contribution in [0.4, 0.5) is 0 Å². The number of hydrogen-bond acceptors (Lipinski definition) is 2. The summed E-state index contributed by atoms with van der Waals surface area (Å²) in [5.41, 5.74) is 2.65. The monoisotopic (exact) mass is 454 g/mol. The van der Waals surface area contributed by atoms with E-state index in [4.69, 9.17) is 5.11 Å².